The zero-order valence-electron chi connectivity index (χ0n) is 19.6. The summed E-state index contributed by atoms with van der Waals surface area (Å²) in [5.74, 6) is -0.904. The third-order valence-electron chi connectivity index (χ3n) is 5.70. The highest BCUT2D eigenvalue weighted by Gasteiger charge is 2.25. The van der Waals surface area contributed by atoms with E-state index >= 15 is 0 Å². The van der Waals surface area contributed by atoms with Crippen molar-refractivity contribution in [1.29, 1.82) is 0 Å². The molecule has 1 saturated carbocycles. The summed E-state index contributed by atoms with van der Waals surface area (Å²) in [7, 11) is 0. The van der Waals surface area contributed by atoms with Crippen LogP contribution in [0.4, 0.5) is 0 Å². The minimum atomic E-state index is -0.606. The second kappa shape index (κ2) is 11.8. The van der Waals surface area contributed by atoms with Crippen LogP contribution in [0.1, 0.15) is 45.5 Å². The van der Waals surface area contributed by atoms with E-state index in [1.165, 1.54) is 11.6 Å². The molecular formula is C29H27N3O4. The van der Waals surface area contributed by atoms with Gasteiger partial charge in [-0.3, -0.25) is 19.6 Å². The monoisotopic (exact) mass is 481 g/mol. The summed E-state index contributed by atoms with van der Waals surface area (Å²) in [6, 6.07) is 24.3. The molecule has 182 valence electrons. The van der Waals surface area contributed by atoms with Gasteiger partial charge in [0.15, 0.2) is 0 Å². The number of carbonyl (C=O) groups excluding carboxylic acids is 3. The molecule has 0 unspecified atom stereocenters. The Hall–Kier alpha value is -4.49. The predicted molar refractivity (Wildman–Crippen MR) is 138 cm³/mol. The lowest BCUT2D eigenvalue weighted by atomic mass is 10.0. The van der Waals surface area contributed by atoms with Crippen molar-refractivity contribution in [2.75, 3.05) is 0 Å². The predicted octanol–water partition coefficient (Wildman–Crippen LogP) is 3.95. The van der Waals surface area contributed by atoms with Gasteiger partial charge in [-0.2, -0.15) is 0 Å². The third kappa shape index (κ3) is 7.01. The van der Waals surface area contributed by atoms with Crippen molar-refractivity contribution in [2.45, 2.75) is 25.4 Å². The molecule has 0 spiro atoms. The second-order valence-corrected chi connectivity index (χ2v) is 8.53. The highest BCUT2D eigenvalue weighted by Crippen LogP contribution is 2.23. The Kier molecular flexibility index (Phi) is 8.05. The molecule has 0 bridgehead atoms. The quantitative estimate of drug-likeness (QED) is 0.161. The number of benzene rings is 3. The summed E-state index contributed by atoms with van der Waals surface area (Å²) >= 11 is 0. The number of amides is 3. The van der Waals surface area contributed by atoms with E-state index in [0.717, 1.165) is 35.1 Å². The van der Waals surface area contributed by atoms with Crippen LogP contribution in [0.25, 0.3) is 17.7 Å². The Morgan fingerprint density at radius 3 is 2.14 bits per heavy atom. The Morgan fingerprint density at radius 2 is 1.50 bits per heavy atom. The SMILES string of the molecule is O=C(C=Cc1ccc(CNC(=O)c2ccc(C=C(C(=O)NC3CC3)c3ccccc3)cc2)cc1)NO. The zero-order chi connectivity index (χ0) is 25.3. The molecule has 0 heterocycles. The molecule has 3 amide bonds. The molecule has 0 saturated heterocycles. The normalized spacial score (nSPS) is 13.3. The first-order valence-corrected chi connectivity index (χ1v) is 11.7. The molecule has 0 atom stereocenters. The van der Waals surface area contributed by atoms with Gasteiger partial charge in [-0.1, -0.05) is 66.7 Å². The van der Waals surface area contributed by atoms with Gasteiger partial charge in [-0.05, 0) is 59.4 Å². The first-order chi connectivity index (χ1) is 17.5. The van der Waals surface area contributed by atoms with E-state index in [-0.39, 0.29) is 17.9 Å². The van der Waals surface area contributed by atoms with Crippen LogP contribution in [0, 0.1) is 0 Å². The largest absolute Gasteiger partial charge is 0.349 e. The first kappa shape index (κ1) is 24.6. The lowest BCUT2D eigenvalue weighted by Crippen LogP contribution is -2.26. The zero-order valence-corrected chi connectivity index (χ0v) is 19.6. The summed E-state index contributed by atoms with van der Waals surface area (Å²) in [5, 5.41) is 14.5. The smallest absolute Gasteiger partial charge is 0.267 e. The fourth-order valence-corrected chi connectivity index (χ4v) is 3.53. The van der Waals surface area contributed by atoms with Gasteiger partial charge in [0, 0.05) is 29.8 Å². The number of hydrogen-bond acceptors (Lipinski definition) is 4. The number of carbonyl (C=O) groups is 3. The maximum Gasteiger partial charge on any atom is 0.267 e. The molecule has 1 fully saturated rings. The lowest BCUT2D eigenvalue weighted by Gasteiger charge is -2.10. The Balaban J connectivity index is 1.39. The van der Waals surface area contributed by atoms with Crippen molar-refractivity contribution in [1.82, 2.24) is 16.1 Å². The van der Waals surface area contributed by atoms with Gasteiger partial charge in [0.25, 0.3) is 17.7 Å². The number of nitrogens with one attached hydrogen (secondary N) is 3. The maximum atomic E-state index is 12.8. The van der Waals surface area contributed by atoms with Gasteiger partial charge in [-0.15, -0.1) is 0 Å². The number of hydroxylamine groups is 1. The summed E-state index contributed by atoms with van der Waals surface area (Å²) in [6.07, 6.45) is 6.67. The fraction of sp³-hybridized carbons (Fsp3) is 0.138. The van der Waals surface area contributed by atoms with E-state index in [0.29, 0.717) is 17.7 Å². The summed E-state index contributed by atoms with van der Waals surface area (Å²) in [5.41, 5.74) is 6.01. The van der Waals surface area contributed by atoms with Crippen molar-refractivity contribution in [3.8, 4) is 0 Å². The van der Waals surface area contributed by atoms with Gasteiger partial charge < -0.3 is 10.6 Å². The average molecular weight is 482 g/mol. The topological polar surface area (TPSA) is 108 Å². The second-order valence-electron chi connectivity index (χ2n) is 8.53. The fourth-order valence-electron chi connectivity index (χ4n) is 3.53. The summed E-state index contributed by atoms with van der Waals surface area (Å²) in [4.78, 5) is 36.5. The van der Waals surface area contributed by atoms with Crippen LogP contribution in [0.15, 0.2) is 84.9 Å². The highest BCUT2D eigenvalue weighted by molar-refractivity contribution is 6.24. The van der Waals surface area contributed by atoms with Gasteiger partial charge in [0.05, 0.1) is 0 Å². The maximum absolute atomic E-state index is 12.8. The molecule has 7 nitrogen and oxygen atoms in total. The van der Waals surface area contributed by atoms with Crippen LogP contribution in [-0.4, -0.2) is 29.0 Å². The Bertz CT molecular complexity index is 1280. The van der Waals surface area contributed by atoms with Crippen molar-refractivity contribution < 1.29 is 19.6 Å². The molecule has 3 aromatic rings. The van der Waals surface area contributed by atoms with Crippen LogP contribution >= 0.6 is 0 Å². The molecule has 0 aliphatic heterocycles. The number of rotatable bonds is 9. The number of hydrogen-bond donors (Lipinski definition) is 4. The van der Waals surface area contributed by atoms with Crippen molar-refractivity contribution in [3.63, 3.8) is 0 Å². The minimum Gasteiger partial charge on any atom is -0.349 e. The van der Waals surface area contributed by atoms with Crippen molar-refractivity contribution in [2.24, 2.45) is 0 Å². The third-order valence-corrected chi connectivity index (χ3v) is 5.70. The molecule has 4 N–H and O–H groups in total. The lowest BCUT2D eigenvalue weighted by molar-refractivity contribution is -0.124. The van der Waals surface area contributed by atoms with Crippen LogP contribution in [0.2, 0.25) is 0 Å². The first-order valence-electron chi connectivity index (χ1n) is 11.7. The molecule has 0 aromatic heterocycles. The molecule has 1 aliphatic rings. The summed E-state index contributed by atoms with van der Waals surface area (Å²) < 4.78 is 0. The van der Waals surface area contributed by atoms with E-state index in [2.05, 4.69) is 10.6 Å². The minimum absolute atomic E-state index is 0.0938. The highest BCUT2D eigenvalue weighted by atomic mass is 16.5. The molecule has 7 heteroatoms. The van der Waals surface area contributed by atoms with Crippen LogP contribution in [-0.2, 0) is 16.1 Å². The van der Waals surface area contributed by atoms with Crippen molar-refractivity contribution >= 4 is 35.4 Å². The van der Waals surface area contributed by atoms with Gasteiger partial charge in [0.2, 0.25) is 0 Å². The van der Waals surface area contributed by atoms with E-state index in [1.54, 1.807) is 18.2 Å². The van der Waals surface area contributed by atoms with E-state index < -0.39 is 5.91 Å². The van der Waals surface area contributed by atoms with Crippen LogP contribution < -0.4 is 16.1 Å². The average Bonchev–Trinajstić information content (AvgIpc) is 3.74. The van der Waals surface area contributed by atoms with Gasteiger partial charge in [0.1, 0.15) is 0 Å². The molecule has 1 aliphatic carbocycles. The van der Waals surface area contributed by atoms with Crippen LogP contribution in [0.5, 0.6) is 0 Å². The Labute approximate surface area is 209 Å². The Morgan fingerprint density at radius 1 is 0.833 bits per heavy atom. The molecule has 36 heavy (non-hydrogen) atoms. The van der Waals surface area contributed by atoms with E-state index in [4.69, 9.17) is 5.21 Å². The molecular weight excluding hydrogens is 454 g/mol. The molecule has 3 aromatic carbocycles. The van der Waals surface area contributed by atoms with Crippen LogP contribution in [0.3, 0.4) is 0 Å². The van der Waals surface area contributed by atoms with Crippen molar-refractivity contribution in [3.05, 3.63) is 113 Å². The molecule has 0 radical (unpaired) electrons. The standard InChI is InChI=1S/C29H27N3O4/c33-27(32-36)17-12-20-6-8-22(9-7-20)19-30-28(34)24-13-10-21(11-14-24)18-26(23-4-2-1-3-5-23)29(35)31-25-15-16-25/h1-14,17-18,25,36H,15-16,19H2,(H,30,34)(H,31,35)(H,32,33). The van der Waals surface area contributed by atoms with Gasteiger partial charge in [-0.25, -0.2) is 5.48 Å². The van der Waals surface area contributed by atoms with E-state index in [9.17, 15) is 14.4 Å². The van der Waals surface area contributed by atoms with Gasteiger partial charge >= 0.3 is 0 Å². The van der Waals surface area contributed by atoms with E-state index in [1.807, 2.05) is 72.8 Å². The summed E-state index contributed by atoms with van der Waals surface area (Å²) in [6.45, 7) is 0.348. The molecule has 4 rings (SSSR count).